The number of fused-ring (bicyclic) bond motifs is 1. The number of benzene rings is 1. The topological polar surface area (TPSA) is 103 Å². The summed E-state index contributed by atoms with van der Waals surface area (Å²) in [5.41, 5.74) is 1.93. The lowest BCUT2D eigenvalue weighted by Crippen LogP contribution is -2.12. The Balaban J connectivity index is 1.57. The molecule has 2 heterocycles. The molecule has 1 amide bonds. The van der Waals surface area contributed by atoms with Crippen molar-refractivity contribution < 1.29 is 9.59 Å². The van der Waals surface area contributed by atoms with E-state index in [0.717, 1.165) is 18.5 Å². The largest absolute Gasteiger partial charge is 0.298 e. The van der Waals surface area contributed by atoms with Gasteiger partial charge in [0.1, 0.15) is 6.33 Å². The minimum absolute atomic E-state index is 0.106. The number of aromatic nitrogens is 5. The average molecular weight is 340 g/mol. The number of thiazole rings is 1. The summed E-state index contributed by atoms with van der Waals surface area (Å²) in [7, 11) is 0. The van der Waals surface area contributed by atoms with Crippen molar-refractivity contribution in [3.05, 3.63) is 46.7 Å². The van der Waals surface area contributed by atoms with Gasteiger partial charge in [-0.1, -0.05) is 17.4 Å². The zero-order valence-electron chi connectivity index (χ0n) is 12.5. The Morgan fingerprint density at radius 3 is 3.00 bits per heavy atom. The summed E-state index contributed by atoms with van der Waals surface area (Å²) >= 11 is 1.24. The third kappa shape index (κ3) is 2.69. The summed E-state index contributed by atoms with van der Waals surface area (Å²) in [4.78, 5) is 29.3. The monoisotopic (exact) mass is 340 g/mol. The summed E-state index contributed by atoms with van der Waals surface area (Å²) < 4.78 is 1.47. The van der Waals surface area contributed by atoms with Gasteiger partial charge in [-0.3, -0.25) is 14.9 Å². The molecule has 24 heavy (non-hydrogen) atoms. The quantitative estimate of drug-likeness (QED) is 0.781. The molecule has 4 rings (SSSR count). The second-order valence-electron chi connectivity index (χ2n) is 5.33. The van der Waals surface area contributed by atoms with E-state index in [1.54, 1.807) is 24.3 Å². The number of anilines is 1. The van der Waals surface area contributed by atoms with Crippen LogP contribution in [0.5, 0.6) is 0 Å². The van der Waals surface area contributed by atoms with Gasteiger partial charge >= 0.3 is 0 Å². The van der Waals surface area contributed by atoms with Crippen molar-refractivity contribution in [1.82, 2.24) is 25.2 Å². The highest BCUT2D eigenvalue weighted by Gasteiger charge is 2.23. The number of aryl methyl sites for hydroxylation is 1. The Hall–Kier alpha value is -2.94. The molecule has 0 aliphatic heterocycles. The van der Waals surface area contributed by atoms with Gasteiger partial charge in [0.15, 0.2) is 10.9 Å². The maximum absolute atomic E-state index is 12.4. The Morgan fingerprint density at radius 2 is 2.21 bits per heavy atom. The number of ketones is 1. The maximum Gasteiger partial charge on any atom is 0.257 e. The molecule has 1 aromatic carbocycles. The minimum Gasteiger partial charge on any atom is -0.298 e. The molecule has 0 unspecified atom stereocenters. The van der Waals surface area contributed by atoms with E-state index >= 15 is 0 Å². The minimum atomic E-state index is -0.288. The Labute approximate surface area is 140 Å². The number of hydrogen-bond donors (Lipinski definition) is 1. The molecule has 1 aliphatic rings. The lowest BCUT2D eigenvalue weighted by molar-refractivity contribution is 0.0975. The van der Waals surface area contributed by atoms with Gasteiger partial charge < -0.3 is 0 Å². The fourth-order valence-electron chi connectivity index (χ4n) is 2.56. The molecule has 1 aliphatic carbocycles. The number of tetrazole rings is 1. The van der Waals surface area contributed by atoms with E-state index in [-0.39, 0.29) is 11.7 Å². The number of Topliss-reactive ketones (excluding diaryl/α,β-unsaturated/α-hetero) is 1. The summed E-state index contributed by atoms with van der Waals surface area (Å²) in [5, 5.41) is 14.2. The molecule has 0 radical (unpaired) electrons. The normalized spacial score (nSPS) is 13.6. The van der Waals surface area contributed by atoms with Gasteiger partial charge in [-0.15, -0.1) is 5.10 Å². The highest BCUT2D eigenvalue weighted by atomic mass is 32.1. The second kappa shape index (κ2) is 5.93. The highest BCUT2D eigenvalue weighted by molar-refractivity contribution is 7.17. The Morgan fingerprint density at radius 1 is 1.29 bits per heavy atom. The van der Waals surface area contributed by atoms with Crippen LogP contribution in [0.1, 0.15) is 38.6 Å². The molecule has 120 valence electrons. The van der Waals surface area contributed by atoms with Crippen molar-refractivity contribution in [3.63, 3.8) is 0 Å². The van der Waals surface area contributed by atoms with Crippen molar-refractivity contribution in [1.29, 1.82) is 0 Å². The maximum atomic E-state index is 12.4. The molecule has 3 aromatic rings. The molecule has 0 bridgehead atoms. The van der Waals surface area contributed by atoms with Gasteiger partial charge in [0.2, 0.25) is 0 Å². The molecule has 0 fully saturated rings. The Kier molecular flexibility index (Phi) is 3.62. The molecule has 1 N–H and O–H groups in total. The first-order chi connectivity index (χ1) is 11.7. The number of nitrogens with zero attached hydrogens (tertiary/aromatic N) is 5. The van der Waals surface area contributed by atoms with Crippen LogP contribution < -0.4 is 5.32 Å². The highest BCUT2D eigenvalue weighted by Crippen LogP contribution is 2.29. The molecule has 0 saturated heterocycles. The van der Waals surface area contributed by atoms with Crippen molar-refractivity contribution in [2.75, 3.05) is 5.32 Å². The van der Waals surface area contributed by atoms with Crippen LogP contribution in [0.2, 0.25) is 0 Å². The zero-order chi connectivity index (χ0) is 16.5. The average Bonchev–Trinajstić information content (AvgIpc) is 3.25. The fourth-order valence-corrected chi connectivity index (χ4v) is 3.54. The lowest BCUT2D eigenvalue weighted by atomic mass is 10.0. The molecular formula is C15H12N6O2S. The van der Waals surface area contributed by atoms with Crippen LogP contribution in [0.25, 0.3) is 5.69 Å². The van der Waals surface area contributed by atoms with Crippen molar-refractivity contribution in [2.24, 2.45) is 0 Å². The zero-order valence-corrected chi connectivity index (χ0v) is 13.3. The van der Waals surface area contributed by atoms with E-state index < -0.39 is 0 Å². The first kappa shape index (κ1) is 14.6. The number of nitrogens with one attached hydrogen (secondary N) is 1. The van der Waals surface area contributed by atoms with Crippen molar-refractivity contribution in [2.45, 2.75) is 19.3 Å². The first-order valence-electron chi connectivity index (χ1n) is 7.38. The van der Waals surface area contributed by atoms with Crippen LogP contribution in [0.3, 0.4) is 0 Å². The number of rotatable bonds is 3. The molecule has 0 saturated carbocycles. The van der Waals surface area contributed by atoms with E-state index in [4.69, 9.17) is 0 Å². The number of carbonyl (C=O) groups is 2. The summed E-state index contributed by atoms with van der Waals surface area (Å²) in [6.45, 7) is 0. The smallest absolute Gasteiger partial charge is 0.257 e. The van der Waals surface area contributed by atoms with E-state index in [2.05, 4.69) is 25.8 Å². The lowest BCUT2D eigenvalue weighted by Gasteiger charge is -2.05. The van der Waals surface area contributed by atoms with Gasteiger partial charge in [-0.25, -0.2) is 9.67 Å². The van der Waals surface area contributed by atoms with Gasteiger partial charge in [-0.05, 0) is 41.5 Å². The van der Waals surface area contributed by atoms with Crippen LogP contribution >= 0.6 is 11.3 Å². The molecule has 9 heteroatoms. The van der Waals surface area contributed by atoms with Gasteiger partial charge in [0.25, 0.3) is 5.91 Å². The third-order valence-corrected chi connectivity index (χ3v) is 4.76. The summed E-state index contributed by atoms with van der Waals surface area (Å²) in [6.07, 6.45) is 3.60. The SMILES string of the molecule is O=C(Nc1nc2c(s1)C(=O)CCC2)c1cccc(-n2cnnn2)c1. The predicted molar refractivity (Wildman–Crippen MR) is 86.5 cm³/mol. The van der Waals surface area contributed by atoms with E-state index in [1.165, 1.54) is 22.3 Å². The van der Waals surface area contributed by atoms with Gasteiger partial charge in [0, 0.05) is 12.0 Å². The van der Waals surface area contributed by atoms with Crippen molar-refractivity contribution in [3.8, 4) is 5.69 Å². The molecule has 2 aromatic heterocycles. The van der Waals surface area contributed by atoms with E-state index in [1.807, 2.05) is 0 Å². The van der Waals surface area contributed by atoms with E-state index in [0.29, 0.717) is 27.7 Å². The van der Waals surface area contributed by atoms with Crippen LogP contribution in [0.15, 0.2) is 30.6 Å². The van der Waals surface area contributed by atoms with E-state index in [9.17, 15) is 9.59 Å². The van der Waals surface area contributed by atoms with Gasteiger partial charge in [0.05, 0.1) is 16.3 Å². The molecule has 8 nitrogen and oxygen atoms in total. The fraction of sp³-hybridized carbons (Fsp3) is 0.200. The molecule has 0 spiro atoms. The molecular weight excluding hydrogens is 328 g/mol. The Bertz CT molecular complexity index is 918. The molecule has 0 atom stereocenters. The standard InChI is InChI=1S/C15H12N6O2S/c22-12-6-2-5-11-13(12)24-15(17-11)18-14(23)9-3-1-4-10(7-9)21-8-16-19-20-21/h1,3-4,7-8H,2,5-6H2,(H,17,18,23). The predicted octanol–water partition coefficient (Wildman–Crippen LogP) is 1.89. The van der Waals surface area contributed by atoms with Crippen LogP contribution in [-0.2, 0) is 6.42 Å². The van der Waals surface area contributed by atoms with Crippen LogP contribution in [-0.4, -0.2) is 36.9 Å². The number of amides is 1. The first-order valence-corrected chi connectivity index (χ1v) is 8.20. The number of hydrogen-bond acceptors (Lipinski definition) is 7. The summed E-state index contributed by atoms with van der Waals surface area (Å²) in [5.74, 6) is -0.182. The van der Waals surface area contributed by atoms with Crippen LogP contribution in [0.4, 0.5) is 5.13 Å². The number of carbonyl (C=O) groups excluding carboxylic acids is 2. The van der Waals surface area contributed by atoms with Crippen molar-refractivity contribution >= 4 is 28.2 Å². The third-order valence-electron chi connectivity index (χ3n) is 3.71. The van der Waals surface area contributed by atoms with Crippen LogP contribution in [0, 0.1) is 0 Å². The second-order valence-corrected chi connectivity index (χ2v) is 6.33. The summed E-state index contributed by atoms with van der Waals surface area (Å²) in [6, 6.07) is 6.93. The van der Waals surface area contributed by atoms with Gasteiger partial charge in [-0.2, -0.15) is 0 Å².